The first-order chi connectivity index (χ1) is 14.7. The Morgan fingerprint density at radius 2 is 1.73 bits per heavy atom. The third-order valence-corrected chi connectivity index (χ3v) is 4.55. The number of aromatic nitrogens is 1. The fourth-order valence-electron chi connectivity index (χ4n) is 2.82. The van der Waals surface area contributed by atoms with Gasteiger partial charge in [-0.1, -0.05) is 24.3 Å². The van der Waals surface area contributed by atoms with Crippen LogP contribution in [0.25, 0.3) is 0 Å². The summed E-state index contributed by atoms with van der Waals surface area (Å²) in [5.41, 5.74) is 2.25. The quantitative estimate of drug-likeness (QED) is 0.491. The number of pyridine rings is 1. The van der Waals surface area contributed by atoms with E-state index in [-0.39, 0.29) is 5.91 Å². The van der Waals surface area contributed by atoms with E-state index in [9.17, 15) is 4.79 Å². The summed E-state index contributed by atoms with van der Waals surface area (Å²) in [4.78, 5) is 16.6. The second-order valence-electron chi connectivity index (χ2n) is 6.74. The first-order valence-electron chi connectivity index (χ1n) is 9.85. The summed E-state index contributed by atoms with van der Waals surface area (Å²) in [6.07, 6.45) is 2.54. The summed E-state index contributed by atoms with van der Waals surface area (Å²) in [7, 11) is 1.62. The number of nitrogens with zero attached hydrogens (tertiary/aromatic N) is 1. The number of ether oxygens (including phenoxy) is 3. The number of benzene rings is 2. The Hall–Kier alpha value is -3.54. The highest BCUT2D eigenvalue weighted by molar-refractivity contribution is 5.91. The molecule has 6 nitrogen and oxygen atoms in total. The Balaban J connectivity index is 1.46. The first kappa shape index (κ1) is 21.2. The largest absolute Gasteiger partial charge is 0.497 e. The van der Waals surface area contributed by atoms with E-state index < -0.39 is 0 Å². The topological polar surface area (TPSA) is 69.7 Å². The lowest BCUT2D eigenvalue weighted by Crippen LogP contribution is -2.14. The Kier molecular flexibility index (Phi) is 7.66. The number of carbonyl (C=O) groups excluding carboxylic acids is 1. The van der Waals surface area contributed by atoms with Crippen LogP contribution in [0.15, 0.2) is 66.9 Å². The lowest BCUT2D eigenvalue weighted by molar-refractivity contribution is -0.116. The summed E-state index contributed by atoms with van der Waals surface area (Å²) in [6.45, 7) is 2.90. The molecule has 0 radical (unpaired) electrons. The Morgan fingerprint density at radius 3 is 2.50 bits per heavy atom. The van der Waals surface area contributed by atoms with Crippen LogP contribution >= 0.6 is 0 Å². The van der Waals surface area contributed by atoms with Crippen molar-refractivity contribution in [1.82, 2.24) is 4.98 Å². The molecule has 0 fully saturated rings. The maximum Gasteiger partial charge on any atom is 0.225 e. The number of hydrogen-bond acceptors (Lipinski definition) is 5. The fourth-order valence-corrected chi connectivity index (χ4v) is 2.82. The minimum Gasteiger partial charge on any atom is -0.497 e. The first-order valence-corrected chi connectivity index (χ1v) is 9.85. The van der Waals surface area contributed by atoms with Gasteiger partial charge in [0, 0.05) is 12.6 Å². The number of methoxy groups -OCH3 is 1. The number of amides is 1. The van der Waals surface area contributed by atoms with Gasteiger partial charge in [-0.15, -0.1) is 0 Å². The molecule has 0 atom stereocenters. The second-order valence-corrected chi connectivity index (χ2v) is 6.74. The molecule has 0 aliphatic rings. The number of carbonyl (C=O) groups is 1. The van der Waals surface area contributed by atoms with Crippen LogP contribution < -0.4 is 19.5 Å². The van der Waals surface area contributed by atoms with Crippen molar-refractivity contribution in [3.8, 4) is 17.2 Å². The van der Waals surface area contributed by atoms with E-state index in [0.717, 1.165) is 22.6 Å². The molecule has 1 amide bonds. The highest BCUT2D eigenvalue weighted by Crippen LogP contribution is 2.23. The third kappa shape index (κ3) is 6.24. The van der Waals surface area contributed by atoms with Gasteiger partial charge in [0.2, 0.25) is 5.91 Å². The van der Waals surface area contributed by atoms with Crippen LogP contribution in [0.4, 0.5) is 5.82 Å². The average molecular weight is 406 g/mol. The van der Waals surface area contributed by atoms with Gasteiger partial charge in [0.15, 0.2) is 11.6 Å². The summed E-state index contributed by atoms with van der Waals surface area (Å²) < 4.78 is 16.7. The van der Waals surface area contributed by atoms with E-state index in [1.165, 1.54) is 0 Å². The molecule has 0 aliphatic carbocycles. The van der Waals surface area contributed by atoms with Crippen LogP contribution in [0.1, 0.15) is 24.0 Å². The number of aryl methyl sites for hydroxylation is 1. The summed E-state index contributed by atoms with van der Waals surface area (Å²) in [5, 5.41) is 2.83. The normalized spacial score (nSPS) is 10.3. The molecule has 1 aromatic heterocycles. The zero-order chi connectivity index (χ0) is 21.2. The van der Waals surface area contributed by atoms with E-state index in [0.29, 0.717) is 37.6 Å². The molecule has 6 heteroatoms. The minimum atomic E-state index is -0.132. The van der Waals surface area contributed by atoms with E-state index in [1.54, 1.807) is 25.4 Å². The number of anilines is 1. The number of hydrogen-bond donors (Lipinski definition) is 1. The van der Waals surface area contributed by atoms with Crippen LogP contribution in [0.2, 0.25) is 0 Å². The molecule has 1 heterocycles. The molecule has 2 aromatic carbocycles. The van der Waals surface area contributed by atoms with Crippen LogP contribution in [-0.4, -0.2) is 24.6 Å². The van der Waals surface area contributed by atoms with Crippen LogP contribution in [-0.2, 0) is 11.4 Å². The Morgan fingerprint density at radius 1 is 0.967 bits per heavy atom. The van der Waals surface area contributed by atoms with Crippen molar-refractivity contribution >= 4 is 11.7 Å². The van der Waals surface area contributed by atoms with Gasteiger partial charge < -0.3 is 19.5 Å². The zero-order valence-electron chi connectivity index (χ0n) is 17.3. The van der Waals surface area contributed by atoms with Gasteiger partial charge >= 0.3 is 0 Å². The van der Waals surface area contributed by atoms with E-state index in [1.807, 2.05) is 55.5 Å². The smallest absolute Gasteiger partial charge is 0.225 e. The number of rotatable bonds is 10. The molecule has 0 bridgehead atoms. The van der Waals surface area contributed by atoms with Crippen LogP contribution in [0.5, 0.6) is 17.2 Å². The molecule has 0 spiro atoms. The summed E-state index contributed by atoms with van der Waals surface area (Å²) in [6, 6.07) is 19.0. The fraction of sp³-hybridized carbons (Fsp3) is 0.250. The maximum atomic E-state index is 12.3. The SMILES string of the molecule is COc1ccc(OCCCC(=O)Nc2ncccc2OCc2ccccc2C)cc1. The van der Waals surface area contributed by atoms with Gasteiger partial charge in [0.1, 0.15) is 18.1 Å². The van der Waals surface area contributed by atoms with Crippen molar-refractivity contribution in [3.05, 3.63) is 78.0 Å². The van der Waals surface area contributed by atoms with E-state index in [4.69, 9.17) is 14.2 Å². The van der Waals surface area contributed by atoms with Gasteiger partial charge in [-0.2, -0.15) is 0 Å². The van der Waals surface area contributed by atoms with E-state index in [2.05, 4.69) is 10.3 Å². The molecule has 3 rings (SSSR count). The van der Waals surface area contributed by atoms with Crippen molar-refractivity contribution < 1.29 is 19.0 Å². The number of nitrogens with one attached hydrogen (secondary N) is 1. The summed E-state index contributed by atoms with van der Waals surface area (Å²) in [5.74, 6) is 2.36. The van der Waals surface area contributed by atoms with Gasteiger partial charge in [-0.3, -0.25) is 4.79 Å². The van der Waals surface area contributed by atoms with Gasteiger partial charge in [0.05, 0.1) is 13.7 Å². The predicted octanol–water partition coefficient (Wildman–Crippen LogP) is 4.78. The summed E-state index contributed by atoms with van der Waals surface area (Å²) >= 11 is 0. The van der Waals surface area contributed by atoms with Crippen molar-refractivity contribution in [3.63, 3.8) is 0 Å². The maximum absolute atomic E-state index is 12.3. The van der Waals surface area contributed by atoms with Crippen LogP contribution in [0.3, 0.4) is 0 Å². The van der Waals surface area contributed by atoms with Gasteiger partial charge in [0.25, 0.3) is 0 Å². The molecule has 0 saturated heterocycles. The molecular weight excluding hydrogens is 380 g/mol. The highest BCUT2D eigenvalue weighted by Gasteiger charge is 2.10. The molecule has 3 aromatic rings. The van der Waals surface area contributed by atoms with Crippen molar-refractivity contribution in [2.45, 2.75) is 26.4 Å². The molecular formula is C24H26N2O4. The highest BCUT2D eigenvalue weighted by atomic mass is 16.5. The third-order valence-electron chi connectivity index (χ3n) is 4.55. The van der Waals surface area contributed by atoms with Crippen molar-refractivity contribution in [2.75, 3.05) is 19.0 Å². The lowest BCUT2D eigenvalue weighted by atomic mass is 10.1. The second kappa shape index (κ2) is 10.9. The van der Waals surface area contributed by atoms with Gasteiger partial charge in [-0.05, 0) is 60.9 Å². The molecule has 1 N–H and O–H groups in total. The predicted molar refractivity (Wildman–Crippen MR) is 116 cm³/mol. The Labute approximate surface area is 176 Å². The standard InChI is InChI=1S/C24H26N2O4/c1-18-7-3-4-8-19(18)17-30-22-9-5-15-25-24(22)26-23(27)10-6-16-29-21-13-11-20(28-2)12-14-21/h3-5,7-9,11-15H,6,10,16-17H2,1-2H3,(H,25,26,27). The minimum absolute atomic E-state index is 0.132. The zero-order valence-corrected chi connectivity index (χ0v) is 17.3. The Bertz CT molecular complexity index is 957. The van der Waals surface area contributed by atoms with E-state index >= 15 is 0 Å². The molecule has 0 saturated carbocycles. The lowest BCUT2D eigenvalue weighted by Gasteiger charge is -2.12. The molecule has 0 aliphatic heterocycles. The monoisotopic (exact) mass is 406 g/mol. The van der Waals surface area contributed by atoms with Crippen molar-refractivity contribution in [1.29, 1.82) is 0 Å². The average Bonchev–Trinajstić information content (AvgIpc) is 2.77. The molecule has 30 heavy (non-hydrogen) atoms. The molecule has 0 unspecified atom stereocenters. The van der Waals surface area contributed by atoms with Gasteiger partial charge in [-0.25, -0.2) is 4.98 Å². The van der Waals surface area contributed by atoms with Crippen molar-refractivity contribution in [2.24, 2.45) is 0 Å². The molecule has 156 valence electrons. The van der Waals surface area contributed by atoms with Crippen LogP contribution in [0, 0.1) is 6.92 Å².